The summed E-state index contributed by atoms with van der Waals surface area (Å²) in [6, 6.07) is 8.87. The van der Waals surface area contributed by atoms with E-state index in [1.807, 2.05) is 12.1 Å². The van der Waals surface area contributed by atoms with E-state index in [0.29, 0.717) is 12.0 Å². The third kappa shape index (κ3) is 3.50. The predicted octanol–water partition coefficient (Wildman–Crippen LogP) is 3.52. The summed E-state index contributed by atoms with van der Waals surface area (Å²) in [5.41, 5.74) is 1.52. The van der Waals surface area contributed by atoms with Crippen LogP contribution < -0.4 is 5.32 Å². The molecule has 0 spiro atoms. The largest absolute Gasteiger partial charge is 0.312 e. The molecule has 1 aliphatic rings. The van der Waals surface area contributed by atoms with Crippen molar-refractivity contribution in [2.24, 2.45) is 0 Å². The lowest BCUT2D eigenvalue weighted by Crippen LogP contribution is -2.51. The normalized spacial score (nSPS) is 23.5. The van der Waals surface area contributed by atoms with Gasteiger partial charge in [-0.05, 0) is 58.3 Å². The van der Waals surface area contributed by atoms with Crippen molar-refractivity contribution in [3.8, 4) is 0 Å². The van der Waals surface area contributed by atoms with Crippen LogP contribution in [0, 0.1) is 0 Å². The first-order valence-electron chi connectivity index (χ1n) is 7.05. The van der Waals surface area contributed by atoms with Crippen LogP contribution in [0.25, 0.3) is 0 Å². The van der Waals surface area contributed by atoms with Crippen LogP contribution in [0.2, 0.25) is 5.02 Å². The van der Waals surface area contributed by atoms with E-state index in [9.17, 15) is 0 Å². The van der Waals surface area contributed by atoms with Crippen molar-refractivity contribution in [2.75, 3.05) is 20.6 Å². The van der Waals surface area contributed by atoms with Gasteiger partial charge in [0.2, 0.25) is 0 Å². The quantitative estimate of drug-likeness (QED) is 0.888. The summed E-state index contributed by atoms with van der Waals surface area (Å²) < 4.78 is 0. The summed E-state index contributed by atoms with van der Waals surface area (Å²) in [7, 11) is 4.27. The Morgan fingerprint density at radius 3 is 2.47 bits per heavy atom. The zero-order valence-electron chi connectivity index (χ0n) is 12.4. The van der Waals surface area contributed by atoms with Crippen molar-refractivity contribution in [1.82, 2.24) is 10.2 Å². The average Bonchev–Trinajstić information content (AvgIpc) is 2.29. The molecule has 106 valence electrons. The van der Waals surface area contributed by atoms with E-state index in [1.165, 1.54) is 18.4 Å². The highest BCUT2D eigenvalue weighted by Crippen LogP contribution is 2.39. The van der Waals surface area contributed by atoms with E-state index in [0.717, 1.165) is 11.6 Å². The molecule has 0 heterocycles. The topological polar surface area (TPSA) is 15.3 Å². The molecule has 0 aliphatic heterocycles. The highest BCUT2D eigenvalue weighted by atomic mass is 35.5. The Labute approximate surface area is 122 Å². The van der Waals surface area contributed by atoms with Gasteiger partial charge in [-0.3, -0.25) is 0 Å². The Kier molecular flexibility index (Phi) is 4.54. The standard InChI is InChI=1S/C16H25ClN2/c1-16(2,19(3)4)11-18-13-9-12(10-13)14-7-5-6-8-15(14)17/h5-8,12-13,18H,9-11H2,1-4H3. The van der Waals surface area contributed by atoms with E-state index in [1.54, 1.807) is 0 Å². The van der Waals surface area contributed by atoms with Crippen molar-refractivity contribution in [1.29, 1.82) is 0 Å². The Morgan fingerprint density at radius 1 is 1.26 bits per heavy atom. The summed E-state index contributed by atoms with van der Waals surface area (Å²) in [5.74, 6) is 0.633. The van der Waals surface area contributed by atoms with Crippen LogP contribution in [0.15, 0.2) is 24.3 Å². The molecule has 0 atom stereocenters. The zero-order valence-corrected chi connectivity index (χ0v) is 13.2. The fourth-order valence-electron chi connectivity index (χ4n) is 2.40. The molecule has 1 aromatic carbocycles. The minimum absolute atomic E-state index is 0.204. The summed E-state index contributed by atoms with van der Waals surface area (Å²) in [6.45, 7) is 5.56. The maximum Gasteiger partial charge on any atom is 0.0440 e. The second-order valence-corrected chi connectivity index (χ2v) is 6.88. The molecular formula is C16H25ClN2. The van der Waals surface area contributed by atoms with Crippen LogP contribution in [0.3, 0.4) is 0 Å². The minimum atomic E-state index is 0.204. The molecule has 1 aromatic rings. The molecule has 1 saturated carbocycles. The van der Waals surface area contributed by atoms with Gasteiger partial charge in [-0.2, -0.15) is 0 Å². The number of hydrogen-bond donors (Lipinski definition) is 1. The fourth-order valence-corrected chi connectivity index (χ4v) is 2.69. The fraction of sp³-hybridized carbons (Fsp3) is 0.625. The Morgan fingerprint density at radius 2 is 1.89 bits per heavy atom. The van der Waals surface area contributed by atoms with E-state index >= 15 is 0 Å². The van der Waals surface area contributed by atoms with Crippen LogP contribution in [-0.2, 0) is 0 Å². The molecule has 0 unspecified atom stereocenters. The molecule has 0 bridgehead atoms. The second kappa shape index (κ2) is 5.82. The number of benzene rings is 1. The van der Waals surface area contributed by atoms with Gasteiger partial charge in [0.05, 0.1) is 0 Å². The van der Waals surface area contributed by atoms with Crippen LogP contribution >= 0.6 is 11.6 Å². The Bertz CT molecular complexity index is 423. The molecule has 2 nitrogen and oxygen atoms in total. The Hall–Kier alpha value is -0.570. The van der Waals surface area contributed by atoms with Gasteiger partial charge in [-0.25, -0.2) is 0 Å². The first kappa shape index (κ1) is 14.8. The summed E-state index contributed by atoms with van der Waals surface area (Å²) in [4.78, 5) is 2.27. The number of halogens is 1. The second-order valence-electron chi connectivity index (χ2n) is 6.47. The van der Waals surface area contributed by atoms with Gasteiger partial charge in [0.15, 0.2) is 0 Å². The molecular weight excluding hydrogens is 256 g/mol. The molecule has 3 heteroatoms. The minimum Gasteiger partial charge on any atom is -0.312 e. The molecule has 0 amide bonds. The number of nitrogens with zero attached hydrogens (tertiary/aromatic N) is 1. The highest BCUT2D eigenvalue weighted by molar-refractivity contribution is 6.31. The molecule has 0 saturated heterocycles. The lowest BCUT2D eigenvalue weighted by atomic mass is 9.75. The van der Waals surface area contributed by atoms with Crippen LogP contribution in [0.4, 0.5) is 0 Å². The first-order valence-corrected chi connectivity index (χ1v) is 7.43. The predicted molar refractivity (Wildman–Crippen MR) is 83.0 cm³/mol. The number of rotatable bonds is 5. The number of likely N-dealkylation sites (N-methyl/N-ethyl adjacent to an activating group) is 1. The Balaban J connectivity index is 1.80. The molecule has 0 radical (unpaired) electrons. The van der Waals surface area contributed by atoms with Gasteiger partial charge >= 0.3 is 0 Å². The summed E-state index contributed by atoms with van der Waals surface area (Å²) in [6.07, 6.45) is 2.40. The van der Waals surface area contributed by atoms with E-state index in [2.05, 4.69) is 50.3 Å². The number of nitrogens with one attached hydrogen (secondary N) is 1. The smallest absolute Gasteiger partial charge is 0.0440 e. The van der Waals surface area contributed by atoms with Gasteiger partial charge in [-0.1, -0.05) is 29.8 Å². The van der Waals surface area contributed by atoms with Crippen molar-refractivity contribution in [3.63, 3.8) is 0 Å². The van der Waals surface area contributed by atoms with E-state index < -0.39 is 0 Å². The molecule has 2 rings (SSSR count). The molecule has 1 aliphatic carbocycles. The first-order chi connectivity index (χ1) is 8.90. The lowest BCUT2D eigenvalue weighted by Gasteiger charge is -2.40. The van der Waals surface area contributed by atoms with Gasteiger partial charge in [-0.15, -0.1) is 0 Å². The van der Waals surface area contributed by atoms with Gasteiger partial charge in [0.25, 0.3) is 0 Å². The molecule has 1 fully saturated rings. The summed E-state index contributed by atoms with van der Waals surface area (Å²) in [5, 5.41) is 4.59. The van der Waals surface area contributed by atoms with Crippen molar-refractivity contribution < 1.29 is 0 Å². The summed E-state index contributed by atoms with van der Waals surface area (Å²) >= 11 is 6.24. The highest BCUT2D eigenvalue weighted by Gasteiger charge is 2.32. The maximum absolute atomic E-state index is 6.24. The van der Waals surface area contributed by atoms with Crippen molar-refractivity contribution in [3.05, 3.63) is 34.9 Å². The average molecular weight is 281 g/mol. The zero-order chi connectivity index (χ0) is 14.0. The maximum atomic E-state index is 6.24. The van der Waals surface area contributed by atoms with Crippen molar-refractivity contribution in [2.45, 2.75) is 44.2 Å². The van der Waals surface area contributed by atoms with Gasteiger partial charge in [0, 0.05) is 23.1 Å². The van der Waals surface area contributed by atoms with Crippen LogP contribution in [0.5, 0.6) is 0 Å². The molecule has 1 N–H and O–H groups in total. The van der Waals surface area contributed by atoms with Gasteiger partial charge < -0.3 is 10.2 Å². The van der Waals surface area contributed by atoms with E-state index in [-0.39, 0.29) is 5.54 Å². The van der Waals surface area contributed by atoms with Crippen LogP contribution in [0.1, 0.15) is 38.2 Å². The van der Waals surface area contributed by atoms with Crippen LogP contribution in [-0.4, -0.2) is 37.1 Å². The van der Waals surface area contributed by atoms with Crippen molar-refractivity contribution >= 4 is 11.6 Å². The number of hydrogen-bond acceptors (Lipinski definition) is 2. The third-order valence-electron chi connectivity index (χ3n) is 4.52. The molecule has 19 heavy (non-hydrogen) atoms. The van der Waals surface area contributed by atoms with E-state index in [4.69, 9.17) is 11.6 Å². The lowest BCUT2D eigenvalue weighted by molar-refractivity contribution is 0.168. The SMILES string of the molecule is CN(C)C(C)(C)CNC1CC(c2ccccc2Cl)C1. The van der Waals surface area contributed by atoms with Gasteiger partial charge in [0.1, 0.15) is 0 Å². The third-order valence-corrected chi connectivity index (χ3v) is 4.86. The monoisotopic (exact) mass is 280 g/mol. The molecule has 0 aromatic heterocycles.